The number of nitrogen functional groups attached to an aromatic ring is 2. The first-order valence-corrected chi connectivity index (χ1v) is 4.58. The van der Waals surface area contributed by atoms with Crippen LogP contribution in [0.25, 0.3) is 10.9 Å². The van der Waals surface area contributed by atoms with Crippen LogP contribution in [0.2, 0.25) is 5.02 Å². The standard InChI is InChI=1S/C10H10ClN3/c1-5-2-3-6-9(13)7(12)4-14-10(6)8(5)11/h2-4H,12H2,1H3,(H2,13,14). The molecule has 0 aliphatic rings. The quantitative estimate of drug-likeness (QED) is 0.697. The minimum absolute atomic E-state index is 0.484. The number of benzene rings is 1. The molecule has 14 heavy (non-hydrogen) atoms. The minimum atomic E-state index is 0.484. The third kappa shape index (κ3) is 1.17. The number of pyridine rings is 1. The lowest BCUT2D eigenvalue weighted by atomic mass is 10.1. The van der Waals surface area contributed by atoms with Crippen LogP contribution in [0.4, 0.5) is 11.4 Å². The molecule has 1 heterocycles. The first kappa shape index (κ1) is 9.09. The van der Waals surface area contributed by atoms with E-state index < -0.39 is 0 Å². The van der Waals surface area contributed by atoms with E-state index in [9.17, 15) is 0 Å². The molecule has 72 valence electrons. The van der Waals surface area contributed by atoms with E-state index in [0.717, 1.165) is 10.9 Å². The second-order valence-electron chi connectivity index (χ2n) is 3.22. The molecular weight excluding hydrogens is 198 g/mol. The van der Waals surface area contributed by atoms with Gasteiger partial charge in [0, 0.05) is 5.39 Å². The summed E-state index contributed by atoms with van der Waals surface area (Å²) < 4.78 is 0. The van der Waals surface area contributed by atoms with Gasteiger partial charge in [0.15, 0.2) is 0 Å². The molecular formula is C10H10ClN3. The molecule has 1 aromatic heterocycles. The molecule has 0 atom stereocenters. The lowest BCUT2D eigenvalue weighted by Gasteiger charge is -2.07. The third-order valence-corrected chi connectivity index (χ3v) is 2.72. The fraction of sp³-hybridized carbons (Fsp3) is 0.100. The number of aryl methyl sites for hydroxylation is 1. The van der Waals surface area contributed by atoms with Crippen molar-refractivity contribution in [2.75, 3.05) is 11.5 Å². The lowest BCUT2D eigenvalue weighted by molar-refractivity contribution is 1.39. The van der Waals surface area contributed by atoms with E-state index in [1.165, 1.54) is 6.20 Å². The van der Waals surface area contributed by atoms with E-state index in [1.807, 2.05) is 19.1 Å². The number of hydrogen-bond acceptors (Lipinski definition) is 3. The van der Waals surface area contributed by atoms with E-state index >= 15 is 0 Å². The lowest BCUT2D eigenvalue weighted by Crippen LogP contribution is -1.97. The highest BCUT2D eigenvalue weighted by Crippen LogP contribution is 2.31. The molecule has 0 aliphatic carbocycles. The number of halogens is 1. The van der Waals surface area contributed by atoms with Gasteiger partial charge >= 0.3 is 0 Å². The Morgan fingerprint density at radius 2 is 2.00 bits per heavy atom. The Hall–Kier alpha value is -1.48. The Morgan fingerprint density at radius 3 is 2.71 bits per heavy atom. The van der Waals surface area contributed by atoms with Crippen molar-refractivity contribution in [3.8, 4) is 0 Å². The van der Waals surface area contributed by atoms with Crippen LogP contribution in [0, 0.1) is 6.92 Å². The van der Waals surface area contributed by atoms with Crippen LogP contribution < -0.4 is 11.5 Å². The van der Waals surface area contributed by atoms with Crippen molar-refractivity contribution in [1.82, 2.24) is 4.98 Å². The summed E-state index contributed by atoms with van der Waals surface area (Å²) in [7, 11) is 0. The van der Waals surface area contributed by atoms with Crippen LogP contribution in [0.1, 0.15) is 5.56 Å². The molecule has 0 saturated carbocycles. The molecule has 1 aromatic carbocycles. The van der Waals surface area contributed by atoms with Crippen LogP contribution in [0.3, 0.4) is 0 Å². The van der Waals surface area contributed by atoms with Gasteiger partial charge in [-0.05, 0) is 12.5 Å². The fourth-order valence-corrected chi connectivity index (χ4v) is 1.58. The number of aromatic nitrogens is 1. The van der Waals surface area contributed by atoms with Gasteiger partial charge in [-0.1, -0.05) is 23.7 Å². The Balaban J connectivity index is 2.94. The van der Waals surface area contributed by atoms with Crippen molar-refractivity contribution in [3.05, 3.63) is 28.9 Å². The minimum Gasteiger partial charge on any atom is -0.396 e. The van der Waals surface area contributed by atoms with Gasteiger partial charge in [0.05, 0.1) is 28.1 Å². The van der Waals surface area contributed by atoms with Crippen molar-refractivity contribution in [3.63, 3.8) is 0 Å². The average molecular weight is 208 g/mol. The SMILES string of the molecule is Cc1ccc2c(N)c(N)cnc2c1Cl. The van der Waals surface area contributed by atoms with Gasteiger partial charge in [0.2, 0.25) is 0 Å². The second kappa shape index (κ2) is 3.03. The first-order valence-electron chi connectivity index (χ1n) is 4.20. The molecule has 0 fully saturated rings. The van der Waals surface area contributed by atoms with Crippen LogP contribution in [-0.4, -0.2) is 4.98 Å². The molecule has 0 spiro atoms. The molecule has 0 saturated heterocycles. The van der Waals surface area contributed by atoms with Crippen molar-refractivity contribution >= 4 is 33.9 Å². The first-order chi connectivity index (χ1) is 6.61. The van der Waals surface area contributed by atoms with E-state index in [4.69, 9.17) is 23.1 Å². The van der Waals surface area contributed by atoms with Gasteiger partial charge in [0.1, 0.15) is 0 Å². The summed E-state index contributed by atoms with van der Waals surface area (Å²) in [6, 6.07) is 3.79. The van der Waals surface area contributed by atoms with E-state index in [0.29, 0.717) is 21.9 Å². The van der Waals surface area contributed by atoms with Crippen LogP contribution in [-0.2, 0) is 0 Å². The number of nitrogens with zero attached hydrogens (tertiary/aromatic N) is 1. The molecule has 4 N–H and O–H groups in total. The summed E-state index contributed by atoms with van der Waals surface area (Å²) in [5.41, 5.74) is 14.2. The third-order valence-electron chi connectivity index (χ3n) is 2.24. The number of fused-ring (bicyclic) bond motifs is 1. The Kier molecular flexibility index (Phi) is 1.97. The van der Waals surface area contributed by atoms with Gasteiger partial charge in [-0.25, -0.2) is 0 Å². The summed E-state index contributed by atoms with van der Waals surface area (Å²) >= 11 is 6.09. The molecule has 0 radical (unpaired) electrons. The highest BCUT2D eigenvalue weighted by Gasteiger charge is 2.07. The molecule has 0 bridgehead atoms. The zero-order valence-electron chi connectivity index (χ0n) is 7.71. The zero-order valence-corrected chi connectivity index (χ0v) is 8.47. The summed E-state index contributed by atoms with van der Waals surface area (Å²) in [5, 5.41) is 1.44. The molecule has 4 heteroatoms. The maximum atomic E-state index is 6.09. The largest absolute Gasteiger partial charge is 0.396 e. The molecule has 2 aromatic rings. The maximum Gasteiger partial charge on any atom is 0.0913 e. The Morgan fingerprint density at radius 1 is 1.29 bits per heavy atom. The monoisotopic (exact) mass is 207 g/mol. The molecule has 0 amide bonds. The van der Waals surface area contributed by atoms with Gasteiger partial charge in [0.25, 0.3) is 0 Å². The molecule has 2 rings (SSSR count). The van der Waals surface area contributed by atoms with E-state index in [-0.39, 0.29) is 0 Å². The Bertz CT molecular complexity index is 461. The normalized spacial score (nSPS) is 10.7. The number of rotatable bonds is 0. The maximum absolute atomic E-state index is 6.09. The van der Waals surface area contributed by atoms with E-state index in [1.54, 1.807) is 0 Å². The molecule has 0 unspecified atom stereocenters. The number of nitrogens with two attached hydrogens (primary N) is 2. The zero-order chi connectivity index (χ0) is 10.3. The summed E-state index contributed by atoms with van der Waals surface area (Å²) in [4.78, 5) is 4.16. The van der Waals surface area contributed by atoms with Crippen LogP contribution in [0.15, 0.2) is 18.3 Å². The summed E-state index contributed by atoms with van der Waals surface area (Å²) in [6.07, 6.45) is 1.53. The van der Waals surface area contributed by atoms with Crippen molar-refractivity contribution in [2.45, 2.75) is 6.92 Å². The highest BCUT2D eigenvalue weighted by atomic mass is 35.5. The van der Waals surface area contributed by atoms with Gasteiger partial charge in [-0.2, -0.15) is 0 Å². The van der Waals surface area contributed by atoms with Gasteiger partial charge < -0.3 is 11.5 Å². The predicted octanol–water partition coefficient (Wildman–Crippen LogP) is 2.36. The smallest absolute Gasteiger partial charge is 0.0913 e. The average Bonchev–Trinajstić information content (AvgIpc) is 2.17. The summed E-state index contributed by atoms with van der Waals surface area (Å²) in [6.45, 7) is 1.93. The Labute approximate surface area is 86.7 Å². The second-order valence-corrected chi connectivity index (χ2v) is 3.60. The van der Waals surface area contributed by atoms with Crippen molar-refractivity contribution < 1.29 is 0 Å². The van der Waals surface area contributed by atoms with Gasteiger partial charge in [-0.15, -0.1) is 0 Å². The van der Waals surface area contributed by atoms with Crippen molar-refractivity contribution in [1.29, 1.82) is 0 Å². The molecule has 3 nitrogen and oxygen atoms in total. The van der Waals surface area contributed by atoms with Crippen molar-refractivity contribution in [2.24, 2.45) is 0 Å². The fourth-order valence-electron chi connectivity index (χ4n) is 1.37. The van der Waals surface area contributed by atoms with Crippen LogP contribution >= 0.6 is 11.6 Å². The topological polar surface area (TPSA) is 64.9 Å². The molecule has 0 aliphatic heterocycles. The van der Waals surface area contributed by atoms with Crippen LogP contribution in [0.5, 0.6) is 0 Å². The number of anilines is 2. The predicted molar refractivity (Wildman–Crippen MR) is 60.3 cm³/mol. The number of hydrogen-bond donors (Lipinski definition) is 2. The highest BCUT2D eigenvalue weighted by molar-refractivity contribution is 6.36. The van der Waals surface area contributed by atoms with Gasteiger partial charge in [-0.3, -0.25) is 4.98 Å². The van der Waals surface area contributed by atoms with E-state index in [2.05, 4.69) is 4.98 Å². The summed E-state index contributed by atoms with van der Waals surface area (Å²) in [5.74, 6) is 0.